The Balaban J connectivity index is 2.25. The number of carbonyl (C=O) groups is 1. The summed E-state index contributed by atoms with van der Waals surface area (Å²) in [5.74, 6) is 0. The van der Waals surface area contributed by atoms with Crippen LogP contribution in [0.25, 0.3) is 22.2 Å². The van der Waals surface area contributed by atoms with Crippen molar-refractivity contribution >= 4 is 22.9 Å². The summed E-state index contributed by atoms with van der Waals surface area (Å²) in [6.45, 7) is 0. The van der Waals surface area contributed by atoms with E-state index in [0.717, 1.165) is 5.56 Å². The number of aromatic nitrogens is 2. The molecule has 0 saturated heterocycles. The van der Waals surface area contributed by atoms with Crippen LogP contribution in [0.1, 0.15) is 10.4 Å². The normalized spacial score (nSPS) is 10.5. The number of fused-ring (bicyclic) bond motifs is 1. The Bertz CT molecular complexity index is 847. The third-order valence-electron chi connectivity index (χ3n) is 3.14. The Labute approximate surface area is 119 Å². The van der Waals surface area contributed by atoms with Crippen LogP contribution < -0.4 is 0 Å². The topological polar surface area (TPSA) is 86.0 Å². The molecule has 1 aromatic carbocycles. The molecule has 21 heavy (non-hydrogen) atoms. The maximum absolute atomic E-state index is 11.2. The van der Waals surface area contributed by atoms with Gasteiger partial charge in [0.15, 0.2) is 6.29 Å². The van der Waals surface area contributed by atoms with E-state index >= 15 is 0 Å². The first-order valence-electron chi connectivity index (χ1n) is 6.14. The van der Waals surface area contributed by atoms with Gasteiger partial charge in [-0.15, -0.1) is 0 Å². The molecule has 2 aromatic heterocycles. The third kappa shape index (κ3) is 2.23. The fraction of sp³-hybridized carbons (Fsp3) is 0. The summed E-state index contributed by atoms with van der Waals surface area (Å²) in [6.07, 6.45) is 3.81. The second-order valence-electron chi connectivity index (χ2n) is 4.38. The highest BCUT2D eigenvalue weighted by atomic mass is 16.6. The molecule has 3 rings (SSSR count). The zero-order valence-electron chi connectivity index (χ0n) is 10.8. The van der Waals surface area contributed by atoms with Gasteiger partial charge in [-0.05, 0) is 36.4 Å². The van der Waals surface area contributed by atoms with Crippen molar-refractivity contribution in [2.24, 2.45) is 0 Å². The van der Waals surface area contributed by atoms with Crippen molar-refractivity contribution < 1.29 is 9.72 Å². The number of benzene rings is 1. The van der Waals surface area contributed by atoms with E-state index in [1.54, 1.807) is 36.7 Å². The first kappa shape index (κ1) is 12.9. The summed E-state index contributed by atoms with van der Waals surface area (Å²) in [6, 6.07) is 9.95. The molecule has 0 amide bonds. The number of hydrogen-bond acceptors (Lipinski definition) is 5. The van der Waals surface area contributed by atoms with Crippen LogP contribution in [0.5, 0.6) is 0 Å². The zero-order valence-corrected chi connectivity index (χ0v) is 10.8. The van der Waals surface area contributed by atoms with E-state index in [1.807, 2.05) is 6.07 Å². The van der Waals surface area contributed by atoms with Crippen LogP contribution in [-0.2, 0) is 0 Å². The lowest BCUT2D eigenvalue weighted by molar-refractivity contribution is -0.383. The number of nitrogens with zero attached hydrogens (tertiary/aromatic N) is 3. The first-order chi connectivity index (χ1) is 10.2. The van der Waals surface area contributed by atoms with E-state index in [-0.39, 0.29) is 11.3 Å². The molecule has 0 aliphatic rings. The van der Waals surface area contributed by atoms with Gasteiger partial charge in [-0.1, -0.05) is 0 Å². The molecule has 0 aliphatic heterocycles. The fourth-order valence-corrected chi connectivity index (χ4v) is 2.18. The summed E-state index contributed by atoms with van der Waals surface area (Å²) in [5.41, 5.74) is 1.79. The second kappa shape index (κ2) is 5.09. The van der Waals surface area contributed by atoms with Gasteiger partial charge in [-0.3, -0.25) is 19.9 Å². The quantitative estimate of drug-likeness (QED) is 0.418. The van der Waals surface area contributed by atoms with Crippen molar-refractivity contribution in [3.63, 3.8) is 0 Å². The van der Waals surface area contributed by atoms with Crippen molar-refractivity contribution in [3.8, 4) is 11.3 Å². The summed E-state index contributed by atoms with van der Waals surface area (Å²) in [7, 11) is 0. The molecule has 6 nitrogen and oxygen atoms in total. The van der Waals surface area contributed by atoms with Crippen LogP contribution >= 0.6 is 0 Å². The number of hydrogen-bond donors (Lipinski definition) is 0. The standard InChI is InChI=1S/C15H9N3O3/c19-9-11-3-5-14-12(15(11)18(20)21)4-6-13(17-14)10-2-1-7-16-8-10/h1-9H. The molecular weight excluding hydrogens is 270 g/mol. The molecule has 0 radical (unpaired) electrons. The SMILES string of the molecule is O=Cc1ccc2nc(-c3cccnc3)ccc2c1[N+](=O)[O-]. The van der Waals surface area contributed by atoms with Crippen LogP contribution in [0.2, 0.25) is 0 Å². The Kier molecular flexibility index (Phi) is 3.12. The number of nitro benzene ring substituents is 1. The fourth-order valence-electron chi connectivity index (χ4n) is 2.18. The van der Waals surface area contributed by atoms with Crippen LogP contribution in [0.4, 0.5) is 5.69 Å². The summed E-state index contributed by atoms with van der Waals surface area (Å²) < 4.78 is 0. The van der Waals surface area contributed by atoms with E-state index in [1.165, 1.54) is 6.07 Å². The lowest BCUT2D eigenvalue weighted by Gasteiger charge is -2.04. The molecule has 0 fully saturated rings. The summed E-state index contributed by atoms with van der Waals surface area (Å²) in [5, 5.41) is 11.5. The number of nitro groups is 1. The first-order valence-corrected chi connectivity index (χ1v) is 6.14. The van der Waals surface area contributed by atoms with Gasteiger partial charge in [0.05, 0.1) is 27.1 Å². The number of aldehydes is 1. The average molecular weight is 279 g/mol. The van der Waals surface area contributed by atoms with Crippen LogP contribution in [0, 0.1) is 10.1 Å². The molecule has 0 N–H and O–H groups in total. The molecule has 0 atom stereocenters. The highest BCUT2D eigenvalue weighted by Gasteiger charge is 2.18. The Morgan fingerprint density at radius 2 is 2.00 bits per heavy atom. The molecule has 2 heterocycles. The predicted octanol–water partition coefficient (Wildman–Crippen LogP) is 3.02. The molecule has 0 spiro atoms. The smallest absolute Gasteiger partial charge is 0.289 e. The minimum Gasteiger partial charge on any atom is -0.298 e. The molecule has 0 aliphatic carbocycles. The van der Waals surface area contributed by atoms with Crippen LogP contribution in [-0.4, -0.2) is 21.2 Å². The molecule has 102 valence electrons. The predicted molar refractivity (Wildman–Crippen MR) is 77.0 cm³/mol. The monoisotopic (exact) mass is 279 g/mol. The van der Waals surface area contributed by atoms with Gasteiger partial charge < -0.3 is 0 Å². The van der Waals surface area contributed by atoms with E-state index in [4.69, 9.17) is 0 Å². The molecule has 0 bridgehead atoms. The van der Waals surface area contributed by atoms with E-state index < -0.39 is 4.92 Å². The van der Waals surface area contributed by atoms with Gasteiger partial charge in [-0.2, -0.15) is 0 Å². The van der Waals surface area contributed by atoms with Gasteiger partial charge in [0, 0.05) is 18.0 Å². The maximum Gasteiger partial charge on any atom is 0.289 e. The number of rotatable bonds is 3. The van der Waals surface area contributed by atoms with E-state index in [0.29, 0.717) is 22.9 Å². The van der Waals surface area contributed by atoms with E-state index in [2.05, 4.69) is 9.97 Å². The lowest BCUT2D eigenvalue weighted by Crippen LogP contribution is -1.97. The van der Waals surface area contributed by atoms with Gasteiger partial charge >= 0.3 is 0 Å². The van der Waals surface area contributed by atoms with Crippen molar-refractivity contribution in [2.75, 3.05) is 0 Å². The molecular formula is C15H9N3O3. The van der Waals surface area contributed by atoms with Crippen molar-refractivity contribution in [2.45, 2.75) is 0 Å². The highest BCUT2D eigenvalue weighted by molar-refractivity contribution is 5.98. The van der Waals surface area contributed by atoms with Crippen molar-refractivity contribution in [1.29, 1.82) is 0 Å². The lowest BCUT2D eigenvalue weighted by atomic mass is 10.1. The molecule has 0 unspecified atom stereocenters. The Morgan fingerprint density at radius 3 is 2.67 bits per heavy atom. The molecule has 6 heteroatoms. The summed E-state index contributed by atoms with van der Waals surface area (Å²) in [4.78, 5) is 30.0. The van der Waals surface area contributed by atoms with Gasteiger partial charge in [0.2, 0.25) is 0 Å². The minimum atomic E-state index is -0.558. The maximum atomic E-state index is 11.2. The van der Waals surface area contributed by atoms with Crippen LogP contribution in [0.3, 0.4) is 0 Å². The minimum absolute atomic E-state index is 0.0448. The highest BCUT2D eigenvalue weighted by Crippen LogP contribution is 2.29. The molecule has 0 saturated carbocycles. The zero-order chi connectivity index (χ0) is 14.8. The average Bonchev–Trinajstić information content (AvgIpc) is 2.53. The van der Waals surface area contributed by atoms with Gasteiger partial charge in [0.25, 0.3) is 5.69 Å². The van der Waals surface area contributed by atoms with Gasteiger partial charge in [-0.25, -0.2) is 4.98 Å². The van der Waals surface area contributed by atoms with Crippen molar-refractivity contribution in [3.05, 3.63) is 64.5 Å². The second-order valence-corrected chi connectivity index (χ2v) is 4.38. The number of pyridine rings is 2. The number of carbonyl (C=O) groups excluding carboxylic acids is 1. The third-order valence-corrected chi connectivity index (χ3v) is 3.14. The Hall–Kier alpha value is -3.15. The Morgan fingerprint density at radius 1 is 1.14 bits per heavy atom. The van der Waals surface area contributed by atoms with Crippen molar-refractivity contribution in [1.82, 2.24) is 9.97 Å². The molecule has 3 aromatic rings. The van der Waals surface area contributed by atoms with E-state index in [9.17, 15) is 14.9 Å². The largest absolute Gasteiger partial charge is 0.298 e. The summed E-state index contributed by atoms with van der Waals surface area (Å²) >= 11 is 0. The van der Waals surface area contributed by atoms with Crippen LogP contribution in [0.15, 0.2) is 48.8 Å². The van der Waals surface area contributed by atoms with Gasteiger partial charge in [0.1, 0.15) is 0 Å².